The number of nitriles is 1. The number of hydrogen-bond acceptors (Lipinski definition) is 7. The molecule has 0 atom stereocenters. The van der Waals surface area contributed by atoms with Gasteiger partial charge in [0.25, 0.3) is 0 Å². The number of nitrogens with two attached hydrogens (primary N) is 2. The fraction of sp³-hybridized carbons (Fsp3) is 0.214. The van der Waals surface area contributed by atoms with Gasteiger partial charge in [0.05, 0.1) is 23.9 Å². The van der Waals surface area contributed by atoms with E-state index in [-0.39, 0.29) is 17.3 Å². The van der Waals surface area contributed by atoms with E-state index in [0.29, 0.717) is 33.8 Å². The van der Waals surface area contributed by atoms with Crippen molar-refractivity contribution in [2.75, 3.05) is 25.2 Å². The Hall–Kier alpha value is -2.53. The average molecular weight is 364 g/mol. The number of hydrogen-bond donors (Lipinski definition) is 2. The van der Waals surface area contributed by atoms with Crippen molar-refractivity contribution in [1.82, 2.24) is 9.97 Å². The molecule has 2 rings (SSSR count). The lowest BCUT2D eigenvalue weighted by Gasteiger charge is -2.14. The van der Waals surface area contributed by atoms with Gasteiger partial charge < -0.3 is 20.9 Å². The highest BCUT2D eigenvalue weighted by Gasteiger charge is 2.18. The van der Waals surface area contributed by atoms with Gasteiger partial charge in [-0.15, -0.1) is 0 Å². The molecule has 2 aromatic rings. The van der Waals surface area contributed by atoms with Gasteiger partial charge in [-0.3, -0.25) is 0 Å². The van der Waals surface area contributed by atoms with E-state index in [2.05, 4.69) is 25.9 Å². The van der Waals surface area contributed by atoms with Gasteiger partial charge in [-0.05, 0) is 35.0 Å². The number of aromatic nitrogens is 2. The molecule has 0 bridgehead atoms. The van der Waals surface area contributed by atoms with Crippen LogP contribution in [0, 0.1) is 11.3 Å². The molecule has 0 saturated heterocycles. The summed E-state index contributed by atoms with van der Waals surface area (Å²) >= 11 is 3.43. The summed E-state index contributed by atoms with van der Waals surface area (Å²) in [6.07, 6.45) is 0. The van der Waals surface area contributed by atoms with Crippen LogP contribution >= 0.6 is 15.9 Å². The van der Waals surface area contributed by atoms with E-state index in [1.165, 1.54) is 7.11 Å². The van der Waals surface area contributed by atoms with Crippen LogP contribution in [0.25, 0.3) is 11.3 Å². The molecule has 0 aliphatic heterocycles. The summed E-state index contributed by atoms with van der Waals surface area (Å²) in [5, 5.41) is 9.27. The van der Waals surface area contributed by atoms with E-state index < -0.39 is 0 Å². The van der Waals surface area contributed by atoms with Crippen molar-refractivity contribution in [2.45, 2.75) is 6.92 Å². The summed E-state index contributed by atoms with van der Waals surface area (Å²) in [5.41, 5.74) is 12.5. The molecule has 1 aromatic carbocycles. The number of nitrogens with zero attached hydrogens (tertiary/aromatic N) is 3. The molecule has 1 heterocycles. The second kappa shape index (κ2) is 6.49. The van der Waals surface area contributed by atoms with E-state index >= 15 is 0 Å². The Morgan fingerprint density at radius 3 is 2.64 bits per heavy atom. The first-order valence-corrected chi connectivity index (χ1v) is 7.14. The van der Waals surface area contributed by atoms with Gasteiger partial charge in [0.15, 0.2) is 11.5 Å². The SMILES string of the molecule is CCOc1c(Br)cc(-c2nc(N)nc(N)c2C#N)cc1OC. The summed E-state index contributed by atoms with van der Waals surface area (Å²) in [5.74, 6) is 1.11. The van der Waals surface area contributed by atoms with Crippen LogP contribution in [0.5, 0.6) is 11.5 Å². The molecule has 0 saturated carbocycles. The molecule has 22 heavy (non-hydrogen) atoms. The second-order valence-corrected chi connectivity index (χ2v) is 5.08. The van der Waals surface area contributed by atoms with Crippen molar-refractivity contribution in [3.8, 4) is 28.8 Å². The van der Waals surface area contributed by atoms with E-state index in [9.17, 15) is 5.26 Å². The predicted molar refractivity (Wildman–Crippen MR) is 86.4 cm³/mol. The molecule has 0 spiro atoms. The van der Waals surface area contributed by atoms with E-state index in [1.54, 1.807) is 12.1 Å². The first-order valence-electron chi connectivity index (χ1n) is 6.35. The number of benzene rings is 1. The van der Waals surface area contributed by atoms with Crippen molar-refractivity contribution in [2.24, 2.45) is 0 Å². The summed E-state index contributed by atoms with van der Waals surface area (Å²) in [4.78, 5) is 7.91. The minimum atomic E-state index is -0.00419. The normalized spacial score (nSPS) is 10.1. The fourth-order valence-corrected chi connectivity index (χ4v) is 2.51. The van der Waals surface area contributed by atoms with Crippen LogP contribution in [0.4, 0.5) is 11.8 Å². The third kappa shape index (κ3) is 2.89. The minimum Gasteiger partial charge on any atom is -0.493 e. The van der Waals surface area contributed by atoms with E-state index in [1.807, 2.05) is 13.0 Å². The van der Waals surface area contributed by atoms with Crippen LogP contribution in [-0.4, -0.2) is 23.7 Å². The van der Waals surface area contributed by atoms with Crippen LogP contribution in [-0.2, 0) is 0 Å². The monoisotopic (exact) mass is 363 g/mol. The predicted octanol–water partition coefficient (Wildman–Crippen LogP) is 2.35. The smallest absolute Gasteiger partial charge is 0.222 e. The number of ether oxygens (including phenoxy) is 2. The van der Waals surface area contributed by atoms with Gasteiger partial charge >= 0.3 is 0 Å². The van der Waals surface area contributed by atoms with Gasteiger partial charge in [-0.25, -0.2) is 4.98 Å². The highest BCUT2D eigenvalue weighted by Crippen LogP contribution is 2.40. The molecule has 4 N–H and O–H groups in total. The molecule has 8 heteroatoms. The van der Waals surface area contributed by atoms with Gasteiger partial charge in [0.2, 0.25) is 5.95 Å². The van der Waals surface area contributed by atoms with Crippen molar-refractivity contribution in [3.05, 3.63) is 22.2 Å². The number of nitrogen functional groups attached to an aromatic ring is 2. The maximum Gasteiger partial charge on any atom is 0.222 e. The Morgan fingerprint density at radius 1 is 1.32 bits per heavy atom. The van der Waals surface area contributed by atoms with Crippen molar-refractivity contribution in [1.29, 1.82) is 5.26 Å². The van der Waals surface area contributed by atoms with Gasteiger partial charge in [-0.1, -0.05) is 0 Å². The molecule has 0 aliphatic rings. The lowest BCUT2D eigenvalue weighted by molar-refractivity contribution is 0.309. The lowest BCUT2D eigenvalue weighted by Crippen LogP contribution is -2.05. The van der Waals surface area contributed by atoms with Gasteiger partial charge in [0, 0.05) is 5.56 Å². The van der Waals surface area contributed by atoms with Crippen LogP contribution in [0.3, 0.4) is 0 Å². The molecule has 0 radical (unpaired) electrons. The first kappa shape index (κ1) is 15.9. The molecular formula is C14H14BrN5O2. The first-order chi connectivity index (χ1) is 10.5. The standard InChI is InChI=1S/C14H14BrN5O2/c1-3-22-12-9(15)4-7(5-10(12)21-2)11-8(6-16)13(17)20-14(18)19-11/h4-5H,3H2,1-2H3,(H4,17,18,19,20). The zero-order valence-corrected chi connectivity index (χ0v) is 13.6. The minimum absolute atomic E-state index is 0.00419. The van der Waals surface area contributed by atoms with Gasteiger partial charge in [-0.2, -0.15) is 10.2 Å². The Morgan fingerprint density at radius 2 is 2.05 bits per heavy atom. The zero-order chi connectivity index (χ0) is 16.3. The topological polar surface area (TPSA) is 120 Å². The fourth-order valence-electron chi connectivity index (χ4n) is 1.96. The molecule has 0 unspecified atom stereocenters. The molecule has 1 aromatic heterocycles. The zero-order valence-electron chi connectivity index (χ0n) is 12.1. The molecule has 0 fully saturated rings. The van der Waals surface area contributed by atoms with E-state index in [4.69, 9.17) is 20.9 Å². The molecule has 7 nitrogen and oxygen atoms in total. The van der Waals surface area contributed by atoms with Crippen molar-refractivity contribution < 1.29 is 9.47 Å². The molecule has 0 amide bonds. The van der Waals surface area contributed by atoms with Crippen LogP contribution in [0.15, 0.2) is 16.6 Å². The number of methoxy groups -OCH3 is 1. The maximum atomic E-state index is 9.27. The molecule has 0 aliphatic carbocycles. The summed E-state index contributed by atoms with van der Waals surface area (Å²) in [6.45, 7) is 2.37. The Bertz CT molecular complexity index is 758. The average Bonchev–Trinajstić information content (AvgIpc) is 2.48. The van der Waals surface area contributed by atoms with E-state index in [0.717, 1.165) is 0 Å². The Labute approximate surface area is 136 Å². The number of halogens is 1. The second-order valence-electron chi connectivity index (χ2n) is 4.22. The highest BCUT2D eigenvalue weighted by atomic mass is 79.9. The lowest BCUT2D eigenvalue weighted by atomic mass is 10.1. The van der Waals surface area contributed by atoms with Gasteiger partial charge in [0.1, 0.15) is 17.5 Å². The van der Waals surface area contributed by atoms with Crippen LogP contribution in [0.1, 0.15) is 12.5 Å². The Kier molecular flexibility index (Phi) is 4.68. The number of anilines is 2. The number of rotatable bonds is 4. The third-order valence-electron chi connectivity index (χ3n) is 2.86. The molecular weight excluding hydrogens is 350 g/mol. The largest absolute Gasteiger partial charge is 0.493 e. The summed E-state index contributed by atoms with van der Waals surface area (Å²) in [7, 11) is 1.53. The van der Waals surface area contributed by atoms with Crippen LogP contribution in [0.2, 0.25) is 0 Å². The van der Waals surface area contributed by atoms with Crippen molar-refractivity contribution >= 4 is 27.7 Å². The maximum absolute atomic E-state index is 9.27. The molecule has 114 valence electrons. The van der Waals surface area contributed by atoms with Crippen LogP contribution < -0.4 is 20.9 Å². The van der Waals surface area contributed by atoms with Crippen molar-refractivity contribution in [3.63, 3.8) is 0 Å². The third-order valence-corrected chi connectivity index (χ3v) is 3.45. The quantitative estimate of drug-likeness (QED) is 0.854. The summed E-state index contributed by atoms with van der Waals surface area (Å²) in [6, 6.07) is 5.46. The summed E-state index contributed by atoms with van der Waals surface area (Å²) < 4.78 is 11.5. The Balaban J connectivity index is 2.69. The highest BCUT2D eigenvalue weighted by molar-refractivity contribution is 9.10.